The van der Waals surface area contributed by atoms with Crippen molar-refractivity contribution in [2.24, 2.45) is 5.73 Å². The molecule has 0 aliphatic carbocycles. The molecule has 0 aromatic carbocycles. The molecule has 3 heterocycles. The van der Waals surface area contributed by atoms with E-state index in [4.69, 9.17) is 10.5 Å². The molecule has 0 atom stereocenters. The predicted octanol–water partition coefficient (Wildman–Crippen LogP) is 0.332. The molecule has 3 rings (SSSR count). The lowest BCUT2D eigenvalue weighted by Crippen LogP contribution is -2.49. The molecule has 9 nitrogen and oxygen atoms in total. The lowest BCUT2D eigenvalue weighted by Gasteiger charge is -2.34. The highest BCUT2D eigenvalue weighted by atomic mass is 16.5. The topological polar surface area (TPSA) is 115 Å². The second kappa shape index (κ2) is 7.77. The molecule has 26 heavy (non-hydrogen) atoms. The molecule has 1 fully saturated rings. The summed E-state index contributed by atoms with van der Waals surface area (Å²) in [6.07, 6.45) is 3.13. The Hall–Kier alpha value is -3.23. The second-order valence-corrected chi connectivity index (χ2v) is 5.67. The summed E-state index contributed by atoms with van der Waals surface area (Å²) in [7, 11) is 0. The van der Waals surface area contributed by atoms with Gasteiger partial charge >= 0.3 is 0 Å². The molecule has 0 bridgehead atoms. The van der Waals surface area contributed by atoms with Crippen LogP contribution in [0.2, 0.25) is 0 Å². The molecule has 0 radical (unpaired) electrons. The Balaban J connectivity index is 1.68. The fourth-order valence-corrected chi connectivity index (χ4v) is 2.75. The lowest BCUT2D eigenvalue weighted by atomic mass is 10.1. The third-order valence-corrected chi connectivity index (χ3v) is 4.04. The van der Waals surface area contributed by atoms with Gasteiger partial charge in [0.2, 0.25) is 11.8 Å². The molecule has 2 N–H and O–H groups in total. The maximum Gasteiger partial charge on any atom is 0.273 e. The van der Waals surface area contributed by atoms with Crippen LogP contribution in [0.25, 0.3) is 0 Å². The van der Waals surface area contributed by atoms with Crippen molar-refractivity contribution in [3.05, 3.63) is 41.9 Å². The molecule has 9 heteroatoms. The zero-order valence-electron chi connectivity index (χ0n) is 14.5. The van der Waals surface area contributed by atoms with Crippen LogP contribution >= 0.6 is 0 Å². The van der Waals surface area contributed by atoms with Gasteiger partial charge in [0.15, 0.2) is 0 Å². The quantitative estimate of drug-likeness (QED) is 0.821. The summed E-state index contributed by atoms with van der Waals surface area (Å²) >= 11 is 0. The number of primary amides is 1. The van der Waals surface area contributed by atoms with E-state index in [-0.39, 0.29) is 17.2 Å². The Morgan fingerprint density at radius 2 is 1.92 bits per heavy atom. The summed E-state index contributed by atoms with van der Waals surface area (Å²) in [5, 5.41) is 0. The summed E-state index contributed by atoms with van der Waals surface area (Å²) < 4.78 is 5.40. The van der Waals surface area contributed by atoms with Crippen molar-refractivity contribution >= 4 is 17.8 Å². The largest absolute Gasteiger partial charge is 0.478 e. The van der Waals surface area contributed by atoms with Gasteiger partial charge in [-0.2, -0.15) is 4.98 Å². The van der Waals surface area contributed by atoms with Gasteiger partial charge in [-0.1, -0.05) is 0 Å². The molecule has 0 unspecified atom stereocenters. The van der Waals surface area contributed by atoms with Crippen molar-refractivity contribution in [3.8, 4) is 5.88 Å². The Morgan fingerprint density at radius 3 is 2.62 bits per heavy atom. The van der Waals surface area contributed by atoms with Crippen LogP contribution in [0.1, 0.15) is 27.8 Å². The Kier molecular flexibility index (Phi) is 5.26. The predicted molar refractivity (Wildman–Crippen MR) is 94.1 cm³/mol. The van der Waals surface area contributed by atoms with Gasteiger partial charge in [-0.05, 0) is 19.1 Å². The van der Waals surface area contributed by atoms with Crippen LogP contribution < -0.4 is 15.4 Å². The molecule has 0 spiro atoms. The number of nitrogens with zero attached hydrogens (tertiary/aromatic N) is 5. The van der Waals surface area contributed by atoms with Crippen molar-refractivity contribution < 1.29 is 14.3 Å². The molecule has 1 aliphatic rings. The van der Waals surface area contributed by atoms with Gasteiger partial charge in [0.1, 0.15) is 5.69 Å². The minimum absolute atomic E-state index is 0.0862. The van der Waals surface area contributed by atoms with Crippen molar-refractivity contribution in [3.63, 3.8) is 0 Å². The highest BCUT2D eigenvalue weighted by Crippen LogP contribution is 2.16. The van der Waals surface area contributed by atoms with Crippen molar-refractivity contribution in [2.75, 3.05) is 37.7 Å². The summed E-state index contributed by atoms with van der Waals surface area (Å²) in [5.74, 6) is 0.124. The summed E-state index contributed by atoms with van der Waals surface area (Å²) in [6, 6.07) is 4.79. The van der Waals surface area contributed by atoms with Crippen molar-refractivity contribution in [2.45, 2.75) is 6.92 Å². The molecular formula is C17H20N6O3. The van der Waals surface area contributed by atoms with Gasteiger partial charge < -0.3 is 20.3 Å². The number of nitrogens with two attached hydrogens (primary N) is 1. The zero-order chi connectivity index (χ0) is 18.5. The Bertz CT molecular complexity index is 805. The number of ether oxygens (including phenoxy) is 1. The minimum atomic E-state index is -0.666. The molecule has 2 aromatic heterocycles. The molecular weight excluding hydrogens is 336 g/mol. The van der Waals surface area contributed by atoms with E-state index in [0.717, 1.165) is 0 Å². The first-order valence-corrected chi connectivity index (χ1v) is 8.35. The van der Waals surface area contributed by atoms with Gasteiger partial charge in [-0.25, -0.2) is 4.98 Å². The third kappa shape index (κ3) is 3.71. The van der Waals surface area contributed by atoms with Gasteiger partial charge in [0, 0.05) is 44.6 Å². The highest BCUT2D eigenvalue weighted by molar-refractivity contribution is 6.05. The number of pyridine rings is 1. The first kappa shape index (κ1) is 17.6. The van der Waals surface area contributed by atoms with E-state index >= 15 is 0 Å². The van der Waals surface area contributed by atoms with E-state index in [1.165, 1.54) is 12.3 Å². The average Bonchev–Trinajstić information content (AvgIpc) is 2.68. The number of hydrogen-bond acceptors (Lipinski definition) is 7. The molecule has 136 valence electrons. The van der Waals surface area contributed by atoms with Crippen molar-refractivity contribution in [1.82, 2.24) is 19.9 Å². The van der Waals surface area contributed by atoms with Gasteiger partial charge in [0.25, 0.3) is 11.8 Å². The minimum Gasteiger partial charge on any atom is -0.478 e. The number of carbonyl (C=O) groups excluding carboxylic acids is 2. The van der Waals surface area contributed by atoms with Crippen LogP contribution in [0.4, 0.5) is 5.95 Å². The number of anilines is 1. The van der Waals surface area contributed by atoms with E-state index in [2.05, 4.69) is 15.0 Å². The van der Waals surface area contributed by atoms with Crippen LogP contribution in [0, 0.1) is 0 Å². The van der Waals surface area contributed by atoms with Gasteiger partial charge in [0.05, 0.1) is 12.2 Å². The first-order valence-electron chi connectivity index (χ1n) is 8.35. The van der Waals surface area contributed by atoms with E-state index < -0.39 is 5.91 Å². The smallest absolute Gasteiger partial charge is 0.273 e. The maximum atomic E-state index is 12.7. The Morgan fingerprint density at radius 1 is 1.15 bits per heavy atom. The average molecular weight is 356 g/mol. The van der Waals surface area contributed by atoms with E-state index in [1.807, 2.05) is 11.8 Å². The van der Waals surface area contributed by atoms with Crippen LogP contribution in [0.15, 0.2) is 30.6 Å². The standard InChI is InChI=1S/C17H20N6O3/c1-2-26-13-5-7-20-17(21-13)23-10-8-22(9-11-23)16(25)14-12(15(18)24)4-3-6-19-14/h3-7H,2,8-11H2,1H3,(H2,18,24). The molecule has 2 amide bonds. The normalized spacial score (nSPS) is 14.2. The molecule has 1 saturated heterocycles. The van der Waals surface area contributed by atoms with E-state index in [9.17, 15) is 9.59 Å². The Labute approximate surface area is 150 Å². The third-order valence-electron chi connectivity index (χ3n) is 4.04. The summed E-state index contributed by atoms with van der Waals surface area (Å²) in [5.41, 5.74) is 5.55. The number of piperazine rings is 1. The van der Waals surface area contributed by atoms with E-state index in [1.54, 1.807) is 23.2 Å². The summed E-state index contributed by atoms with van der Waals surface area (Å²) in [6.45, 7) is 4.50. The van der Waals surface area contributed by atoms with Crippen LogP contribution in [-0.4, -0.2) is 64.5 Å². The van der Waals surface area contributed by atoms with Gasteiger partial charge in [-0.15, -0.1) is 0 Å². The van der Waals surface area contributed by atoms with Crippen molar-refractivity contribution in [1.29, 1.82) is 0 Å². The number of amides is 2. The SMILES string of the molecule is CCOc1ccnc(N2CCN(C(=O)c3ncccc3C(N)=O)CC2)n1. The fraction of sp³-hybridized carbons (Fsp3) is 0.353. The number of rotatable bonds is 5. The molecule has 2 aromatic rings. The number of hydrogen-bond donors (Lipinski definition) is 1. The summed E-state index contributed by atoms with van der Waals surface area (Å²) in [4.78, 5) is 40.5. The number of aromatic nitrogens is 3. The van der Waals surface area contributed by atoms with Crippen LogP contribution in [0.3, 0.4) is 0 Å². The van der Waals surface area contributed by atoms with Gasteiger partial charge in [-0.3, -0.25) is 14.6 Å². The van der Waals surface area contributed by atoms with E-state index in [0.29, 0.717) is 44.6 Å². The second-order valence-electron chi connectivity index (χ2n) is 5.67. The number of carbonyl (C=O) groups is 2. The molecule has 1 aliphatic heterocycles. The van der Waals surface area contributed by atoms with Crippen LogP contribution in [0.5, 0.6) is 5.88 Å². The fourth-order valence-electron chi connectivity index (χ4n) is 2.75. The highest BCUT2D eigenvalue weighted by Gasteiger charge is 2.26. The zero-order valence-corrected chi connectivity index (χ0v) is 14.5. The van der Waals surface area contributed by atoms with Crippen LogP contribution in [-0.2, 0) is 0 Å². The lowest BCUT2D eigenvalue weighted by molar-refractivity contribution is 0.0735. The molecule has 0 saturated carbocycles. The maximum absolute atomic E-state index is 12.7. The monoisotopic (exact) mass is 356 g/mol. The first-order chi connectivity index (χ1) is 12.6.